The Morgan fingerprint density at radius 3 is 2.33 bits per heavy atom. The number of aromatic nitrogens is 1. The van der Waals surface area contributed by atoms with Crippen LogP contribution in [-0.4, -0.2) is 39.5 Å². The summed E-state index contributed by atoms with van der Waals surface area (Å²) >= 11 is 0. The Hall–Kier alpha value is -3.08. The van der Waals surface area contributed by atoms with E-state index in [0.717, 1.165) is 10.9 Å². The Morgan fingerprint density at radius 1 is 0.963 bits per heavy atom. The van der Waals surface area contributed by atoms with Crippen LogP contribution in [0, 0.1) is 5.92 Å². The van der Waals surface area contributed by atoms with Crippen LogP contribution in [0.15, 0.2) is 60.8 Å². The lowest BCUT2D eigenvalue weighted by Gasteiger charge is -2.30. The third kappa shape index (κ3) is 3.45. The van der Waals surface area contributed by atoms with Gasteiger partial charge in [0, 0.05) is 36.7 Å². The first-order valence-corrected chi connectivity index (χ1v) is 9.27. The molecule has 1 fully saturated rings. The summed E-state index contributed by atoms with van der Waals surface area (Å²) in [5.74, 6) is -1.11. The molecule has 138 valence electrons. The smallest absolute Gasteiger partial charge is 0.306 e. The summed E-state index contributed by atoms with van der Waals surface area (Å²) in [6.45, 7) is 1.69. The Balaban J connectivity index is 1.62. The summed E-state index contributed by atoms with van der Waals surface area (Å²) in [5, 5.41) is 10.1. The molecule has 0 unspecified atom stereocenters. The van der Waals surface area contributed by atoms with Crippen LogP contribution < -0.4 is 0 Å². The molecular formula is C22H22N2O3. The topological polar surface area (TPSA) is 62.5 Å². The van der Waals surface area contributed by atoms with E-state index in [-0.39, 0.29) is 11.8 Å². The fourth-order valence-corrected chi connectivity index (χ4v) is 3.83. The molecular weight excluding hydrogens is 340 g/mol. The Bertz CT molecular complexity index is 970. The van der Waals surface area contributed by atoms with Gasteiger partial charge in [0.25, 0.3) is 5.91 Å². The molecule has 5 heteroatoms. The van der Waals surface area contributed by atoms with Crippen molar-refractivity contribution >= 4 is 22.8 Å². The summed E-state index contributed by atoms with van der Waals surface area (Å²) in [6, 6.07) is 18.1. The number of hydrogen-bond donors (Lipinski definition) is 1. The maximum Gasteiger partial charge on any atom is 0.306 e. The SMILES string of the molecule is O=C(O)C1CCN(C(=O)c2cn(Cc3ccccc3)c3ccccc23)CC1. The van der Waals surface area contributed by atoms with E-state index < -0.39 is 5.97 Å². The number of carbonyl (C=O) groups excluding carboxylic acids is 1. The van der Waals surface area contributed by atoms with E-state index in [1.165, 1.54) is 5.56 Å². The second-order valence-corrected chi connectivity index (χ2v) is 7.08. The zero-order valence-corrected chi connectivity index (χ0v) is 15.0. The van der Waals surface area contributed by atoms with Gasteiger partial charge in [-0.05, 0) is 24.5 Å². The van der Waals surface area contributed by atoms with Crippen LogP contribution in [0.5, 0.6) is 0 Å². The number of rotatable bonds is 4. The molecule has 0 aliphatic carbocycles. The first-order chi connectivity index (χ1) is 13.1. The maximum atomic E-state index is 13.1. The van der Waals surface area contributed by atoms with Gasteiger partial charge in [-0.15, -0.1) is 0 Å². The minimum absolute atomic E-state index is 0.0122. The molecule has 0 radical (unpaired) electrons. The molecule has 2 aromatic carbocycles. The summed E-state index contributed by atoms with van der Waals surface area (Å²) in [6.07, 6.45) is 2.97. The largest absolute Gasteiger partial charge is 0.481 e. The third-order valence-corrected chi connectivity index (χ3v) is 5.35. The number of piperidine rings is 1. The minimum atomic E-state index is -0.762. The lowest BCUT2D eigenvalue weighted by atomic mass is 9.96. The van der Waals surface area contributed by atoms with E-state index in [1.54, 1.807) is 4.90 Å². The molecule has 1 aliphatic heterocycles. The molecule has 3 aromatic rings. The van der Waals surface area contributed by atoms with Crippen LogP contribution >= 0.6 is 0 Å². The van der Waals surface area contributed by atoms with E-state index >= 15 is 0 Å². The van der Waals surface area contributed by atoms with Crippen LogP contribution in [-0.2, 0) is 11.3 Å². The van der Waals surface area contributed by atoms with E-state index in [9.17, 15) is 9.59 Å². The summed E-state index contributed by atoms with van der Waals surface area (Å²) < 4.78 is 2.11. The van der Waals surface area contributed by atoms with Crippen molar-refractivity contribution in [1.82, 2.24) is 9.47 Å². The second kappa shape index (κ2) is 7.27. The molecule has 0 bridgehead atoms. The molecule has 4 rings (SSSR count). The molecule has 1 N–H and O–H groups in total. The van der Waals surface area contributed by atoms with E-state index in [4.69, 9.17) is 5.11 Å². The average molecular weight is 362 g/mol. The molecule has 0 atom stereocenters. The number of para-hydroxylation sites is 1. The van der Waals surface area contributed by atoms with Gasteiger partial charge in [-0.2, -0.15) is 0 Å². The van der Waals surface area contributed by atoms with Gasteiger partial charge in [0.1, 0.15) is 0 Å². The molecule has 1 aliphatic rings. The van der Waals surface area contributed by atoms with Crippen molar-refractivity contribution in [3.8, 4) is 0 Å². The van der Waals surface area contributed by atoms with Crippen molar-refractivity contribution in [3.05, 3.63) is 71.9 Å². The van der Waals surface area contributed by atoms with Gasteiger partial charge in [0.15, 0.2) is 0 Å². The molecule has 2 heterocycles. The van der Waals surface area contributed by atoms with Gasteiger partial charge in [-0.3, -0.25) is 9.59 Å². The molecule has 0 spiro atoms. The fraction of sp³-hybridized carbons (Fsp3) is 0.273. The standard InChI is InChI=1S/C22H22N2O3/c25-21(23-12-10-17(11-13-23)22(26)27)19-15-24(14-16-6-2-1-3-7-16)20-9-5-4-8-18(19)20/h1-9,15,17H,10-14H2,(H,26,27). The number of amides is 1. The van der Waals surface area contributed by atoms with Gasteiger partial charge < -0.3 is 14.6 Å². The number of benzene rings is 2. The molecule has 1 amide bonds. The number of carboxylic acids is 1. The monoisotopic (exact) mass is 362 g/mol. The predicted molar refractivity (Wildman–Crippen MR) is 104 cm³/mol. The number of likely N-dealkylation sites (tertiary alicyclic amines) is 1. The number of aliphatic carboxylic acids is 1. The zero-order chi connectivity index (χ0) is 18.8. The van der Waals surface area contributed by atoms with Gasteiger partial charge in [0.05, 0.1) is 11.5 Å². The maximum absolute atomic E-state index is 13.1. The van der Waals surface area contributed by atoms with Crippen LogP contribution in [0.4, 0.5) is 0 Å². The van der Waals surface area contributed by atoms with Crippen molar-refractivity contribution in [2.24, 2.45) is 5.92 Å². The highest BCUT2D eigenvalue weighted by Crippen LogP contribution is 2.26. The highest BCUT2D eigenvalue weighted by Gasteiger charge is 2.28. The van der Waals surface area contributed by atoms with Crippen LogP contribution in [0.3, 0.4) is 0 Å². The molecule has 1 saturated heterocycles. The van der Waals surface area contributed by atoms with Crippen molar-refractivity contribution in [2.45, 2.75) is 19.4 Å². The second-order valence-electron chi connectivity index (χ2n) is 7.08. The van der Waals surface area contributed by atoms with Crippen LogP contribution in [0.1, 0.15) is 28.8 Å². The van der Waals surface area contributed by atoms with Crippen molar-refractivity contribution < 1.29 is 14.7 Å². The number of carboxylic acid groups (broad SMARTS) is 1. The van der Waals surface area contributed by atoms with Gasteiger partial charge in [-0.1, -0.05) is 48.5 Å². The number of fused-ring (bicyclic) bond motifs is 1. The van der Waals surface area contributed by atoms with Crippen LogP contribution in [0.25, 0.3) is 10.9 Å². The molecule has 1 aromatic heterocycles. The lowest BCUT2D eigenvalue weighted by molar-refractivity contribution is -0.143. The molecule has 5 nitrogen and oxygen atoms in total. The quantitative estimate of drug-likeness (QED) is 0.771. The zero-order valence-electron chi connectivity index (χ0n) is 15.0. The predicted octanol–water partition coefficient (Wildman–Crippen LogP) is 3.63. The Morgan fingerprint density at radius 2 is 1.63 bits per heavy atom. The first kappa shape index (κ1) is 17.3. The lowest BCUT2D eigenvalue weighted by Crippen LogP contribution is -2.40. The van der Waals surface area contributed by atoms with E-state index in [0.29, 0.717) is 38.0 Å². The fourth-order valence-electron chi connectivity index (χ4n) is 3.83. The Labute approximate surface area is 157 Å². The molecule has 27 heavy (non-hydrogen) atoms. The summed E-state index contributed by atoms with van der Waals surface area (Å²) in [5.41, 5.74) is 2.90. The first-order valence-electron chi connectivity index (χ1n) is 9.27. The van der Waals surface area contributed by atoms with Gasteiger partial charge >= 0.3 is 5.97 Å². The number of hydrogen-bond acceptors (Lipinski definition) is 2. The van der Waals surface area contributed by atoms with Crippen molar-refractivity contribution in [1.29, 1.82) is 0 Å². The molecule has 0 saturated carbocycles. The number of nitrogens with zero attached hydrogens (tertiary/aromatic N) is 2. The normalized spacial score (nSPS) is 15.2. The van der Waals surface area contributed by atoms with Crippen molar-refractivity contribution in [3.63, 3.8) is 0 Å². The summed E-state index contributed by atoms with van der Waals surface area (Å²) in [7, 11) is 0. The van der Waals surface area contributed by atoms with E-state index in [1.807, 2.05) is 48.7 Å². The highest BCUT2D eigenvalue weighted by molar-refractivity contribution is 6.07. The third-order valence-electron chi connectivity index (χ3n) is 5.35. The number of carbonyl (C=O) groups is 2. The average Bonchev–Trinajstić information content (AvgIpc) is 3.07. The van der Waals surface area contributed by atoms with Crippen LogP contribution in [0.2, 0.25) is 0 Å². The van der Waals surface area contributed by atoms with Crippen molar-refractivity contribution in [2.75, 3.05) is 13.1 Å². The van der Waals surface area contributed by atoms with Gasteiger partial charge in [-0.25, -0.2) is 0 Å². The van der Waals surface area contributed by atoms with Gasteiger partial charge in [0.2, 0.25) is 0 Å². The highest BCUT2D eigenvalue weighted by atomic mass is 16.4. The minimum Gasteiger partial charge on any atom is -0.481 e. The van der Waals surface area contributed by atoms with E-state index in [2.05, 4.69) is 16.7 Å². The Kier molecular flexibility index (Phi) is 4.67. The summed E-state index contributed by atoms with van der Waals surface area (Å²) in [4.78, 5) is 26.1.